The van der Waals surface area contributed by atoms with Gasteiger partial charge in [0.05, 0.1) is 6.54 Å². The van der Waals surface area contributed by atoms with Crippen molar-refractivity contribution in [1.82, 2.24) is 4.90 Å². The van der Waals surface area contributed by atoms with Gasteiger partial charge in [0.15, 0.2) is 0 Å². The third-order valence-electron chi connectivity index (χ3n) is 2.85. The zero-order valence-corrected chi connectivity index (χ0v) is 11.5. The molecule has 0 unspecified atom stereocenters. The minimum Gasteiger partial charge on any atom is -0.330 e. The number of carbonyl (C=O) groups excluding carboxylic acids is 1. The summed E-state index contributed by atoms with van der Waals surface area (Å²) < 4.78 is 12.7. The highest BCUT2D eigenvalue weighted by molar-refractivity contribution is 5.92. The van der Waals surface area contributed by atoms with Gasteiger partial charge in [0.1, 0.15) is 5.82 Å². The van der Waals surface area contributed by atoms with Gasteiger partial charge >= 0.3 is 0 Å². The van der Waals surface area contributed by atoms with Gasteiger partial charge in [-0.15, -0.1) is 0 Å². The first kappa shape index (κ1) is 15.6. The van der Waals surface area contributed by atoms with Crippen LogP contribution in [0.25, 0.3) is 0 Å². The fourth-order valence-electron chi connectivity index (χ4n) is 1.73. The summed E-state index contributed by atoms with van der Waals surface area (Å²) in [6.07, 6.45) is 0.863. The summed E-state index contributed by atoms with van der Waals surface area (Å²) >= 11 is 0. The number of carbonyl (C=O) groups is 1. The number of hydrogen-bond donors (Lipinski definition) is 2. The number of nitrogens with zero attached hydrogens (tertiary/aromatic N) is 1. The fourth-order valence-corrected chi connectivity index (χ4v) is 1.73. The summed E-state index contributed by atoms with van der Waals surface area (Å²) in [5.41, 5.74) is 6.09. The summed E-state index contributed by atoms with van der Waals surface area (Å²) in [7, 11) is 0. The average molecular weight is 267 g/mol. The van der Waals surface area contributed by atoms with Crippen LogP contribution in [0.3, 0.4) is 0 Å². The van der Waals surface area contributed by atoms with Crippen molar-refractivity contribution >= 4 is 11.6 Å². The van der Waals surface area contributed by atoms with E-state index in [9.17, 15) is 9.18 Å². The van der Waals surface area contributed by atoms with Crippen molar-refractivity contribution < 1.29 is 9.18 Å². The van der Waals surface area contributed by atoms with Crippen LogP contribution < -0.4 is 11.1 Å². The van der Waals surface area contributed by atoms with Crippen LogP contribution in [0.5, 0.6) is 0 Å². The van der Waals surface area contributed by atoms with E-state index < -0.39 is 0 Å². The Bertz CT molecular complexity index is 392. The minimum atomic E-state index is -0.315. The molecule has 0 aliphatic heterocycles. The Balaban J connectivity index is 2.50. The van der Waals surface area contributed by atoms with Crippen LogP contribution in [0.2, 0.25) is 0 Å². The molecule has 0 saturated heterocycles. The average Bonchev–Trinajstić information content (AvgIpc) is 2.37. The van der Waals surface area contributed by atoms with Gasteiger partial charge in [0.2, 0.25) is 5.91 Å². The van der Waals surface area contributed by atoms with Crippen LogP contribution in [0.4, 0.5) is 10.1 Å². The summed E-state index contributed by atoms with van der Waals surface area (Å²) in [5.74, 6) is -0.415. The molecule has 3 N–H and O–H groups in total. The van der Waals surface area contributed by atoms with Crippen LogP contribution in [0, 0.1) is 5.82 Å². The number of amides is 1. The lowest BCUT2D eigenvalue weighted by atomic mass is 10.2. The first-order chi connectivity index (χ1) is 9.02. The zero-order valence-electron chi connectivity index (χ0n) is 11.5. The number of halogens is 1. The summed E-state index contributed by atoms with van der Waals surface area (Å²) in [4.78, 5) is 14.0. The quantitative estimate of drug-likeness (QED) is 0.792. The second-order valence-corrected chi connectivity index (χ2v) is 4.76. The maximum absolute atomic E-state index is 12.7. The molecule has 1 amide bonds. The first-order valence-electron chi connectivity index (χ1n) is 6.52. The van der Waals surface area contributed by atoms with Crippen molar-refractivity contribution in [2.75, 3.05) is 25.0 Å². The fraction of sp³-hybridized carbons (Fsp3) is 0.500. The van der Waals surface area contributed by atoms with Gasteiger partial charge in [-0.05, 0) is 51.1 Å². The van der Waals surface area contributed by atoms with Gasteiger partial charge in [-0.1, -0.05) is 0 Å². The first-order valence-corrected chi connectivity index (χ1v) is 6.52. The van der Waals surface area contributed by atoms with Gasteiger partial charge in [0.25, 0.3) is 0 Å². The van der Waals surface area contributed by atoms with E-state index in [1.807, 2.05) is 13.8 Å². The highest BCUT2D eigenvalue weighted by Gasteiger charge is 2.13. The van der Waals surface area contributed by atoms with Crippen molar-refractivity contribution in [1.29, 1.82) is 0 Å². The molecule has 5 heteroatoms. The minimum absolute atomic E-state index is 0.0997. The molecule has 1 rings (SSSR count). The van der Waals surface area contributed by atoms with Crippen LogP contribution in [0.15, 0.2) is 24.3 Å². The lowest BCUT2D eigenvalue weighted by molar-refractivity contribution is -0.117. The van der Waals surface area contributed by atoms with E-state index in [1.54, 1.807) is 12.1 Å². The maximum Gasteiger partial charge on any atom is 0.238 e. The van der Waals surface area contributed by atoms with Crippen LogP contribution >= 0.6 is 0 Å². The molecule has 4 nitrogen and oxygen atoms in total. The van der Waals surface area contributed by atoms with Crippen molar-refractivity contribution in [2.45, 2.75) is 26.3 Å². The lowest BCUT2D eigenvalue weighted by Gasteiger charge is -2.25. The summed E-state index contributed by atoms with van der Waals surface area (Å²) in [6.45, 7) is 5.81. The number of rotatable bonds is 7. The molecule has 1 aromatic carbocycles. The molecule has 0 aliphatic rings. The molecule has 1 aromatic rings. The second-order valence-electron chi connectivity index (χ2n) is 4.76. The van der Waals surface area contributed by atoms with E-state index in [0.717, 1.165) is 13.0 Å². The number of nitrogens with two attached hydrogens (primary N) is 1. The van der Waals surface area contributed by atoms with Crippen LogP contribution in [-0.4, -0.2) is 36.5 Å². The van der Waals surface area contributed by atoms with Crippen molar-refractivity contribution in [3.05, 3.63) is 30.1 Å². The smallest absolute Gasteiger partial charge is 0.238 e. The lowest BCUT2D eigenvalue weighted by Crippen LogP contribution is -2.39. The zero-order chi connectivity index (χ0) is 14.3. The molecule has 19 heavy (non-hydrogen) atoms. The molecular formula is C14H22FN3O. The predicted octanol–water partition coefficient (Wildman–Crippen LogP) is 1.82. The third-order valence-corrected chi connectivity index (χ3v) is 2.85. The van der Waals surface area contributed by atoms with E-state index in [0.29, 0.717) is 18.8 Å². The standard InChI is InChI=1S/C14H22FN3O/c1-11(2)18(9-3-8-16)10-14(19)17-13-6-4-12(15)5-7-13/h4-7,11H,3,8-10,16H2,1-2H3,(H,17,19). The normalized spacial score (nSPS) is 11.1. The van der Waals surface area contributed by atoms with Crippen molar-refractivity contribution in [2.24, 2.45) is 5.73 Å². The van der Waals surface area contributed by atoms with Gasteiger partial charge < -0.3 is 11.1 Å². The predicted molar refractivity (Wildman–Crippen MR) is 75.4 cm³/mol. The largest absolute Gasteiger partial charge is 0.330 e. The van der Waals surface area contributed by atoms with E-state index in [4.69, 9.17) is 5.73 Å². The molecule has 0 atom stereocenters. The van der Waals surface area contributed by atoms with E-state index in [2.05, 4.69) is 10.2 Å². The molecular weight excluding hydrogens is 245 g/mol. The molecule has 0 spiro atoms. The summed E-state index contributed by atoms with van der Waals surface area (Å²) in [5, 5.41) is 2.75. The molecule has 0 radical (unpaired) electrons. The Morgan fingerprint density at radius 1 is 1.37 bits per heavy atom. The second kappa shape index (κ2) is 7.86. The summed E-state index contributed by atoms with van der Waals surface area (Å²) in [6, 6.07) is 6.03. The van der Waals surface area contributed by atoms with E-state index in [1.165, 1.54) is 12.1 Å². The molecule has 0 aliphatic carbocycles. The monoisotopic (exact) mass is 267 g/mol. The van der Waals surface area contributed by atoms with Crippen LogP contribution in [-0.2, 0) is 4.79 Å². The van der Waals surface area contributed by atoms with E-state index >= 15 is 0 Å². The third kappa shape index (κ3) is 5.81. The Labute approximate surface area is 113 Å². The molecule has 0 fully saturated rings. The SMILES string of the molecule is CC(C)N(CCCN)CC(=O)Nc1ccc(F)cc1. The Kier molecular flexibility index (Phi) is 6.45. The van der Waals surface area contributed by atoms with Gasteiger partial charge in [-0.25, -0.2) is 4.39 Å². The topological polar surface area (TPSA) is 58.4 Å². The van der Waals surface area contributed by atoms with E-state index in [-0.39, 0.29) is 17.8 Å². The highest BCUT2D eigenvalue weighted by atomic mass is 19.1. The Hall–Kier alpha value is -1.46. The molecule has 0 saturated carbocycles. The van der Waals surface area contributed by atoms with Crippen molar-refractivity contribution in [3.8, 4) is 0 Å². The Morgan fingerprint density at radius 3 is 2.53 bits per heavy atom. The van der Waals surface area contributed by atoms with Gasteiger partial charge in [0, 0.05) is 18.3 Å². The number of hydrogen-bond acceptors (Lipinski definition) is 3. The highest BCUT2D eigenvalue weighted by Crippen LogP contribution is 2.08. The molecule has 0 aromatic heterocycles. The van der Waals surface area contributed by atoms with Gasteiger partial charge in [-0.3, -0.25) is 9.69 Å². The number of anilines is 1. The van der Waals surface area contributed by atoms with Crippen molar-refractivity contribution in [3.63, 3.8) is 0 Å². The van der Waals surface area contributed by atoms with Crippen LogP contribution in [0.1, 0.15) is 20.3 Å². The molecule has 0 heterocycles. The maximum atomic E-state index is 12.7. The number of nitrogens with one attached hydrogen (secondary N) is 1. The number of benzene rings is 1. The van der Waals surface area contributed by atoms with Gasteiger partial charge in [-0.2, -0.15) is 0 Å². The molecule has 0 bridgehead atoms. The Morgan fingerprint density at radius 2 is 2.00 bits per heavy atom. The molecule has 106 valence electrons.